The standard InChI is InChI=1S/C23H18ClN3O4/c1-30-18-6-4-5-15(11-18)23(29)26-19-7-2-3-8-20(19)31-14-17-12-22(28)27-13-16(24)9-10-21(27)25-17/h2-13H,14H2,1H3,(H,26,29). The molecule has 0 saturated heterocycles. The fraction of sp³-hybridized carbons (Fsp3) is 0.0870. The third-order valence-electron chi connectivity index (χ3n) is 4.52. The summed E-state index contributed by atoms with van der Waals surface area (Å²) in [6, 6.07) is 18.6. The van der Waals surface area contributed by atoms with Gasteiger partial charge in [0.25, 0.3) is 11.5 Å². The van der Waals surface area contributed by atoms with Crippen LogP contribution < -0.4 is 20.3 Å². The van der Waals surface area contributed by atoms with Crippen LogP contribution in [0.1, 0.15) is 16.1 Å². The molecule has 0 radical (unpaired) electrons. The van der Waals surface area contributed by atoms with E-state index < -0.39 is 0 Å². The first kappa shape index (κ1) is 20.4. The van der Waals surface area contributed by atoms with E-state index in [1.807, 2.05) is 0 Å². The van der Waals surface area contributed by atoms with Gasteiger partial charge in [-0.3, -0.25) is 14.0 Å². The monoisotopic (exact) mass is 435 g/mol. The summed E-state index contributed by atoms with van der Waals surface area (Å²) in [7, 11) is 1.54. The first-order valence-corrected chi connectivity index (χ1v) is 9.76. The molecule has 0 saturated carbocycles. The number of pyridine rings is 1. The van der Waals surface area contributed by atoms with Crippen LogP contribution in [-0.2, 0) is 6.61 Å². The first-order valence-electron chi connectivity index (χ1n) is 9.38. The van der Waals surface area contributed by atoms with Crippen molar-refractivity contribution in [1.29, 1.82) is 0 Å². The molecule has 0 aliphatic heterocycles. The normalized spacial score (nSPS) is 10.6. The topological polar surface area (TPSA) is 81.9 Å². The van der Waals surface area contributed by atoms with E-state index in [4.69, 9.17) is 21.1 Å². The predicted molar refractivity (Wildman–Crippen MR) is 118 cm³/mol. The molecule has 4 rings (SSSR count). The van der Waals surface area contributed by atoms with Gasteiger partial charge in [-0.05, 0) is 42.5 Å². The quantitative estimate of drug-likeness (QED) is 0.491. The Balaban J connectivity index is 1.53. The molecule has 2 aromatic heterocycles. The molecular weight excluding hydrogens is 418 g/mol. The number of carbonyl (C=O) groups excluding carboxylic acids is 1. The molecule has 0 atom stereocenters. The number of benzene rings is 2. The number of aromatic nitrogens is 2. The molecule has 7 nitrogen and oxygen atoms in total. The van der Waals surface area contributed by atoms with Crippen LogP contribution in [0.15, 0.2) is 77.7 Å². The number of halogens is 1. The maximum atomic E-state index is 12.6. The van der Waals surface area contributed by atoms with E-state index in [0.717, 1.165) is 0 Å². The van der Waals surface area contributed by atoms with Gasteiger partial charge in [0.15, 0.2) is 0 Å². The minimum absolute atomic E-state index is 0.0560. The largest absolute Gasteiger partial charge is 0.497 e. The van der Waals surface area contributed by atoms with Gasteiger partial charge in [-0.1, -0.05) is 29.8 Å². The zero-order valence-corrected chi connectivity index (χ0v) is 17.3. The molecule has 2 heterocycles. The summed E-state index contributed by atoms with van der Waals surface area (Å²) >= 11 is 5.94. The highest BCUT2D eigenvalue weighted by Crippen LogP contribution is 2.25. The molecule has 0 spiro atoms. The Morgan fingerprint density at radius 1 is 1.10 bits per heavy atom. The van der Waals surface area contributed by atoms with Crippen molar-refractivity contribution in [3.63, 3.8) is 0 Å². The predicted octanol–water partition coefficient (Wildman–Crippen LogP) is 4.19. The second-order valence-corrected chi connectivity index (χ2v) is 7.07. The number of amides is 1. The third-order valence-corrected chi connectivity index (χ3v) is 4.74. The Bertz CT molecular complexity index is 1320. The summed E-state index contributed by atoms with van der Waals surface area (Å²) in [5.41, 5.74) is 1.62. The highest BCUT2D eigenvalue weighted by Gasteiger charge is 2.11. The third kappa shape index (κ3) is 4.67. The first-order chi connectivity index (χ1) is 15.0. The van der Waals surface area contributed by atoms with Crippen LogP contribution in [0.3, 0.4) is 0 Å². The number of carbonyl (C=O) groups is 1. The van der Waals surface area contributed by atoms with Gasteiger partial charge < -0.3 is 14.8 Å². The van der Waals surface area contributed by atoms with Gasteiger partial charge in [0, 0.05) is 17.8 Å². The van der Waals surface area contributed by atoms with Crippen molar-refractivity contribution in [1.82, 2.24) is 9.38 Å². The van der Waals surface area contributed by atoms with E-state index in [1.165, 1.54) is 16.7 Å². The van der Waals surface area contributed by atoms with E-state index >= 15 is 0 Å². The van der Waals surface area contributed by atoms with Crippen molar-refractivity contribution in [2.24, 2.45) is 0 Å². The number of hydrogen-bond acceptors (Lipinski definition) is 5. The van der Waals surface area contributed by atoms with Gasteiger partial charge in [-0.25, -0.2) is 4.98 Å². The molecule has 0 aliphatic carbocycles. The fourth-order valence-corrected chi connectivity index (χ4v) is 3.17. The Morgan fingerprint density at radius 3 is 2.77 bits per heavy atom. The number of hydrogen-bond donors (Lipinski definition) is 1. The maximum absolute atomic E-state index is 12.6. The molecule has 0 aliphatic rings. The Kier molecular flexibility index (Phi) is 5.86. The number of nitrogens with zero attached hydrogens (tertiary/aromatic N) is 2. The summed E-state index contributed by atoms with van der Waals surface area (Å²) in [6.45, 7) is 0.0560. The average molecular weight is 436 g/mol. The van der Waals surface area contributed by atoms with Gasteiger partial charge in [0.2, 0.25) is 0 Å². The van der Waals surface area contributed by atoms with Crippen LogP contribution >= 0.6 is 11.6 Å². The van der Waals surface area contributed by atoms with Crippen LogP contribution in [0.2, 0.25) is 5.02 Å². The summed E-state index contributed by atoms with van der Waals surface area (Å²) in [4.78, 5) is 29.4. The van der Waals surface area contributed by atoms with Gasteiger partial charge >= 0.3 is 0 Å². The van der Waals surface area contributed by atoms with Crippen LogP contribution in [-0.4, -0.2) is 22.4 Å². The molecule has 156 valence electrons. The van der Waals surface area contributed by atoms with E-state index in [0.29, 0.717) is 39.1 Å². The summed E-state index contributed by atoms with van der Waals surface area (Å²) in [5.74, 6) is 0.748. The smallest absolute Gasteiger partial charge is 0.258 e. The fourth-order valence-electron chi connectivity index (χ4n) is 3.01. The minimum atomic E-state index is -0.297. The summed E-state index contributed by atoms with van der Waals surface area (Å²) in [5, 5.41) is 3.29. The lowest BCUT2D eigenvalue weighted by Gasteiger charge is -2.13. The highest BCUT2D eigenvalue weighted by atomic mass is 35.5. The van der Waals surface area contributed by atoms with Gasteiger partial charge in [-0.2, -0.15) is 0 Å². The molecule has 8 heteroatoms. The van der Waals surface area contributed by atoms with E-state index in [2.05, 4.69) is 10.3 Å². The summed E-state index contributed by atoms with van der Waals surface area (Å²) in [6.07, 6.45) is 1.51. The zero-order chi connectivity index (χ0) is 21.8. The van der Waals surface area contributed by atoms with Crippen molar-refractivity contribution < 1.29 is 14.3 Å². The Labute approximate surface area is 182 Å². The number of nitrogens with one attached hydrogen (secondary N) is 1. The number of para-hydroxylation sites is 2. The van der Waals surface area contributed by atoms with Crippen LogP contribution in [0.25, 0.3) is 5.65 Å². The van der Waals surface area contributed by atoms with Crippen LogP contribution in [0.5, 0.6) is 11.5 Å². The molecule has 31 heavy (non-hydrogen) atoms. The lowest BCUT2D eigenvalue weighted by Crippen LogP contribution is -2.16. The number of ether oxygens (including phenoxy) is 2. The Morgan fingerprint density at radius 2 is 1.94 bits per heavy atom. The maximum Gasteiger partial charge on any atom is 0.258 e. The molecule has 1 N–H and O–H groups in total. The molecule has 2 aromatic carbocycles. The SMILES string of the molecule is COc1cccc(C(=O)Nc2ccccc2OCc2cc(=O)n3cc(Cl)ccc3n2)c1. The molecule has 4 aromatic rings. The van der Waals surface area contributed by atoms with E-state index in [9.17, 15) is 9.59 Å². The van der Waals surface area contributed by atoms with Crippen molar-refractivity contribution >= 4 is 28.8 Å². The minimum Gasteiger partial charge on any atom is -0.497 e. The van der Waals surface area contributed by atoms with Crippen molar-refractivity contribution in [2.75, 3.05) is 12.4 Å². The molecule has 0 unspecified atom stereocenters. The highest BCUT2D eigenvalue weighted by molar-refractivity contribution is 6.30. The molecular formula is C23H18ClN3O4. The van der Waals surface area contributed by atoms with E-state index in [-0.39, 0.29) is 18.1 Å². The molecule has 1 amide bonds. The van der Waals surface area contributed by atoms with Crippen LogP contribution in [0, 0.1) is 0 Å². The Hall–Kier alpha value is -3.84. The number of fused-ring (bicyclic) bond motifs is 1. The lowest BCUT2D eigenvalue weighted by atomic mass is 10.2. The second kappa shape index (κ2) is 8.89. The lowest BCUT2D eigenvalue weighted by molar-refractivity contribution is 0.102. The van der Waals surface area contributed by atoms with Crippen molar-refractivity contribution in [3.05, 3.63) is 99.6 Å². The number of methoxy groups -OCH3 is 1. The molecule has 0 fully saturated rings. The van der Waals surface area contributed by atoms with Crippen molar-refractivity contribution in [3.8, 4) is 11.5 Å². The second-order valence-electron chi connectivity index (χ2n) is 6.63. The van der Waals surface area contributed by atoms with E-state index in [1.54, 1.807) is 67.8 Å². The van der Waals surface area contributed by atoms with Gasteiger partial charge in [0.05, 0.1) is 23.5 Å². The molecule has 0 bridgehead atoms. The van der Waals surface area contributed by atoms with Gasteiger partial charge in [0.1, 0.15) is 23.8 Å². The number of anilines is 1. The number of rotatable bonds is 6. The van der Waals surface area contributed by atoms with Crippen LogP contribution in [0.4, 0.5) is 5.69 Å². The summed E-state index contributed by atoms with van der Waals surface area (Å²) < 4.78 is 12.4. The van der Waals surface area contributed by atoms with Crippen molar-refractivity contribution in [2.45, 2.75) is 6.61 Å². The average Bonchev–Trinajstić information content (AvgIpc) is 2.79. The van der Waals surface area contributed by atoms with Gasteiger partial charge in [-0.15, -0.1) is 0 Å². The zero-order valence-electron chi connectivity index (χ0n) is 16.5.